The molecule has 0 heterocycles. The number of aliphatic hydroxyl groups excluding tert-OH is 1. The molecule has 0 aliphatic heterocycles. The molecular formula is C17H25NO. The van der Waals surface area contributed by atoms with E-state index in [0.717, 1.165) is 12.8 Å². The van der Waals surface area contributed by atoms with Gasteiger partial charge in [-0.3, -0.25) is 0 Å². The van der Waals surface area contributed by atoms with Gasteiger partial charge >= 0.3 is 0 Å². The summed E-state index contributed by atoms with van der Waals surface area (Å²) in [5, 5.41) is 12.9. The summed E-state index contributed by atoms with van der Waals surface area (Å²) in [5.74, 6) is 0. The van der Waals surface area contributed by atoms with Crippen LogP contribution >= 0.6 is 0 Å². The van der Waals surface area contributed by atoms with E-state index >= 15 is 0 Å². The maximum Gasteiger partial charge on any atom is 0.0449 e. The van der Waals surface area contributed by atoms with Crippen molar-refractivity contribution in [1.29, 1.82) is 0 Å². The van der Waals surface area contributed by atoms with Gasteiger partial charge in [0.2, 0.25) is 0 Å². The molecule has 0 spiro atoms. The minimum atomic E-state index is 0.217. The van der Waals surface area contributed by atoms with Crippen molar-refractivity contribution in [3.8, 4) is 0 Å². The van der Waals surface area contributed by atoms with Gasteiger partial charge in [-0.15, -0.1) is 0 Å². The van der Waals surface area contributed by atoms with E-state index in [1.54, 1.807) is 0 Å². The lowest BCUT2D eigenvalue weighted by Crippen LogP contribution is -2.35. The standard InChI is InChI=1S/C17H25NO/c1-17(2)11-8-15(9-12-17)18-16(10-13-19)14-6-4-3-5-7-14/h3-8,11,15-16,18-19H,9-10,12-13H2,1-2H3/t15-,16+/m0/s1. The van der Waals surface area contributed by atoms with Crippen LogP contribution in [0.15, 0.2) is 42.5 Å². The highest BCUT2D eigenvalue weighted by molar-refractivity contribution is 5.20. The Labute approximate surface area is 116 Å². The maximum absolute atomic E-state index is 9.25. The van der Waals surface area contributed by atoms with Crippen LogP contribution < -0.4 is 5.32 Å². The molecule has 2 atom stereocenters. The van der Waals surface area contributed by atoms with Gasteiger partial charge < -0.3 is 10.4 Å². The van der Waals surface area contributed by atoms with Crippen molar-refractivity contribution < 1.29 is 5.11 Å². The third-order valence-corrected chi connectivity index (χ3v) is 3.91. The van der Waals surface area contributed by atoms with Gasteiger partial charge in [0.1, 0.15) is 0 Å². The molecule has 0 saturated carbocycles. The fourth-order valence-electron chi connectivity index (χ4n) is 2.64. The van der Waals surface area contributed by atoms with Gasteiger partial charge in [-0.1, -0.05) is 56.3 Å². The van der Waals surface area contributed by atoms with E-state index in [2.05, 4.69) is 55.6 Å². The van der Waals surface area contributed by atoms with E-state index in [1.165, 1.54) is 12.0 Å². The lowest BCUT2D eigenvalue weighted by Gasteiger charge is -2.31. The summed E-state index contributed by atoms with van der Waals surface area (Å²) in [6.45, 7) is 4.78. The van der Waals surface area contributed by atoms with Crippen LogP contribution in [0, 0.1) is 5.41 Å². The Bertz CT molecular complexity index is 411. The van der Waals surface area contributed by atoms with Gasteiger partial charge in [0.25, 0.3) is 0 Å². The third-order valence-electron chi connectivity index (χ3n) is 3.91. The number of aliphatic hydroxyl groups is 1. The zero-order valence-electron chi connectivity index (χ0n) is 12.0. The van der Waals surface area contributed by atoms with Crippen molar-refractivity contribution in [2.75, 3.05) is 6.61 Å². The third kappa shape index (κ3) is 4.19. The first-order valence-corrected chi connectivity index (χ1v) is 7.22. The van der Waals surface area contributed by atoms with Crippen LogP contribution in [0.1, 0.15) is 44.7 Å². The van der Waals surface area contributed by atoms with Crippen molar-refractivity contribution >= 4 is 0 Å². The number of rotatable bonds is 5. The fraction of sp³-hybridized carbons (Fsp3) is 0.529. The molecule has 2 N–H and O–H groups in total. The van der Waals surface area contributed by atoms with Gasteiger partial charge in [0.15, 0.2) is 0 Å². The second-order valence-corrected chi connectivity index (χ2v) is 6.14. The molecule has 0 amide bonds. The van der Waals surface area contributed by atoms with Crippen LogP contribution in [0.25, 0.3) is 0 Å². The Morgan fingerprint density at radius 1 is 1.32 bits per heavy atom. The molecule has 1 aliphatic carbocycles. The average molecular weight is 259 g/mol. The largest absolute Gasteiger partial charge is 0.396 e. The Kier molecular flexibility index (Phi) is 4.78. The topological polar surface area (TPSA) is 32.3 Å². The van der Waals surface area contributed by atoms with Gasteiger partial charge in [0, 0.05) is 18.7 Å². The predicted molar refractivity (Wildman–Crippen MR) is 80.0 cm³/mol. The van der Waals surface area contributed by atoms with Crippen molar-refractivity contribution in [2.24, 2.45) is 5.41 Å². The monoisotopic (exact) mass is 259 g/mol. The van der Waals surface area contributed by atoms with E-state index in [-0.39, 0.29) is 12.6 Å². The Balaban J connectivity index is 2.02. The number of allylic oxidation sites excluding steroid dienone is 1. The Morgan fingerprint density at radius 2 is 2.05 bits per heavy atom. The highest BCUT2D eigenvalue weighted by atomic mass is 16.3. The van der Waals surface area contributed by atoms with Crippen LogP contribution in [0.3, 0.4) is 0 Å². The number of benzene rings is 1. The molecule has 1 aliphatic rings. The number of hydrogen-bond acceptors (Lipinski definition) is 2. The predicted octanol–water partition coefficient (Wildman–Crippen LogP) is 3.44. The first kappa shape index (κ1) is 14.3. The van der Waals surface area contributed by atoms with Crippen LogP contribution in [-0.2, 0) is 0 Å². The minimum absolute atomic E-state index is 0.217. The Morgan fingerprint density at radius 3 is 2.63 bits per heavy atom. The van der Waals surface area contributed by atoms with E-state index in [4.69, 9.17) is 0 Å². The van der Waals surface area contributed by atoms with E-state index in [1.807, 2.05) is 6.07 Å². The zero-order chi connectivity index (χ0) is 13.7. The smallest absolute Gasteiger partial charge is 0.0449 e. The maximum atomic E-state index is 9.25. The minimum Gasteiger partial charge on any atom is -0.396 e. The first-order chi connectivity index (χ1) is 9.11. The second kappa shape index (κ2) is 6.36. The molecule has 0 aromatic heterocycles. The zero-order valence-corrected chi connectivity index (χ0v) is 12.0. The summed E-state index contributed by atoms with van der Waals surface area (Å²) in [4.78, 5) is 0. The normalized spacial score (nSPS) is 23.2. The Hall–Kier alpha value is -1.12. The van der Waals surface area contributed by atoms with Crippen LogP contribution in [0.4, 0.5) is 0 Å². The molecule has 0 unspecified atom stereocenters. The van der Waals surface area contributed by atoms with Gasteiger partial charge in [-0.05, 0) is 30.2 Å². The molecule has 0 saturated heterocycles. The molecule has 104 valence electrons. The molecule has 1 aromatic rings. The second-order valence-electron chi connectivity index (χ2n) is 6.14. The molecule has 2 heteroatoms. The highest BCUT2D eigenvalue weighted by Crippen LogP contribution is 2.30. The van der Waals surface area contributed by atoms with E-state index in [9.17, 15) is 5.11 Å². The van der Waals surface area contributed by atoms with Crippen molar-refractivity contribution in [2.45, 2.75) is 45.2 Å². The quantitative estimate of drug-likeness (QED) is 0.794. The highest BCUT2D eigenvalue weighted by Gasteiger charge is 2.23. The SMILES string of the molecule is CC1(C)C=C[C@H](N[C@H](CCO)c2ccccc2)CC1. The van der Waals surface area contributed by atoms with E-state index in [0.29, 0.717) is 11.5 Å². The van der Waals surface area contributed by atoms with Gasteiger partial charge in [-0.25, -0.2) is 0 Å². The van der Waals surface area contributed by atoms with Crippen LogP contribution in [0.2, 0.25) is 0 Å². The van der Waals surface area contributed by atoms with Crippen molar-refractivity contribution in [1.82, 2.24) is 5.32 Å². The molecule has 0 radical (unpaired) electrons. The van der Waals surface area contributed by atoms with Gasteiger partial charge in [0.05, 0.1) is 0 Å². The molecule has 2 rings (SSSR count). The van der Waals surface area contributed by atoms with Crippen LogP contribution in [0.5, 0.6) is 0 Å². The first-order valence-electron chi connectivity index (χ1n) is 7.22. The lowest BCUT2D eigenvalue weighted by molar-refractivity contribution is 0.256. The molecule has 1 aromatic carbocycles. The summed E-state index contributed by atoms with van der Waals surface area (Å²) in [5.41, 5.74) is 1.59. The van der Waals surface area contributed by atoms with Gasteiger partial charge in [-0.2, -0.15) is 0 Å². The fourth-order valence-corrected chi connectivity index (χ4v) is 2.64. The molecule has 19 heavy (non-hydrogen) atoms. The molecular weight excluding hydrogens is 234 g/mol. The molecule has 0 bridgehead atoms. The molecule has 0 fully saturated rings. The van der Waals surface area contributed by atoms with Crippen LogP contribution in [-0.4, -0.2) is 17.8 Å². The summed E-state index contributed by atoms with van der Waals surface area (Å²) in [6.07, 6.45) is 7.74. The summed E-state index contributed by atoms with van der Waals surface area (Å²) >= 11 is 0. The lowest BCUT2D eigenvalue weighted by atomic mass is 9.81. The van der Waals surface area contributed by atoms with E-state index < -0.39 is 0 Å². The number of nitrogens with one attached hydrogen (secondary N) is 1. The summed E-state index contributed by atoms with van der Waals surface area (Å²) in [7, 11) is 0. The molecule has 2 nitrogen and oxygen atoms in total. The van der Waals surface area contributed by atoms with Crippen molar-refractivity contribution in [3.63, 3.8) is 0 Å². The summed E-state index contributed by atoms with van der Waals surface area (Å²) < 4.78 is 0. The van der Waals surface area contributed by atoms with Crippen molar-refractivity contribution in [3.05, 3.63) is 48.0 Å². The average Bonchev–Trinajstić information content (AvgIpc) is 2.41. The number of hydrogen-bond donors (Lipinski definition) is 2. The summed E-state index contributed by atoms with van der Waals surface area (Å²) in [6, 6.07) is 11.1.